The molecule has 2 aromatic rings. The van der Waals surface area contributed by atoms with Crippen LogP contribution in [0.15, 0.2) is 34.7 Å². The molecule has 4 heteroatoms. The molecule has 0 saturated heterocycles. The number of carbonyl (C=O) groups excluding carboxylic acids is 1. The lowest BCUT2D eigenvalue weighted by Gasteiger charge is -2.65. The Morgan fingerprint density at radius 3 is 2.43 bits per heavy atom. The third-order valence-electron chi connectivity index (χ3n) is 7.29. The summed E-state index contributed by atoms with van der Waals surface area (Å²) in [5.74, 6) is 1.72. The van der Waals surface area contributed by atoms with Gasteiger partial charge < -0.3 is 9.73 Å². The van der Waals surface area contributed by atoms with Crippen molar-refractivity contribution in [3.63, 3.8) is 0 Å². The van der Waals surface area contributed by atoms with E-state index in [1.165, 1.54) is 19.3 Å². The third kappa shape index (κ3) is 2.99. The lowest BCUT2D eigenvalue weighted by molar-refractivity contribution is -0.114. The normalized spacial score (nSPS) is 35.9. The maximum absolute atomic E-state index is 13.1. The van der Waals surface area contributed by atoms with Crippen LogP contribution in [0.25, 0.3) is 11.3 Å². The number of halogens is 1. The van der Waals surface area contributed by atoms with Gasteiger partial charge in [0.1, 0.15) is 5.76 Å². The largest absolute Gasteiger partial charge is 0.451 e. The van der Waals surface area contributed by atoms with E-state index in [1.807, 2.05) is 31.2 Å². The van der Waals surface area contributed by atoms with Crippen molar-refractivity contribution in [1.82, 2.24) is 5.32 Å². The number of rotatable bonds is 3. The minimum atomic E-state index is -0.0846. The zero-order valence-electron chi connectivity index (χ0n) is 16.9. The summed E-state index contributed by atoms with van der Waals surface area (Å²) in [6.07, 6.45) is 7.24. The summed E-state index contributed by atoms with van der Waals surface area (Å²) in [6, 6.07) is 9.47. The first-order valence-electron chi connectivity index (χ1n) is 10.4. The summed E-state index contributed by atoms with van der Waals surface area (Å²) in [6.45, 7) is 6.81. The highest BCUT2D eigenvalue weighted by atomic mass is 35.5. The van der Waals surface area contributed by atoms with E-state index in [0.717, 1.165) is 36.3 Å². The number of carbonyl (C=O) groups is 1. The zero-order chi connectivity index (χ0) is 19.7. The second-order valence-electron chi connectivity index (χ2n) is 10.5. The zero-order valence-corrected chi connectivity index (χ0v) is 17.7. The van der Waals surface area contributed by atoms with E-state index in [0.29, 0.717) is 27.4 Å². The molecule has 0 radical (unpaired) electrons. The number of hydrogen-bond acceptors (Lipinski definition) is 2. The van der Waals surface area contributed by atoms with Crippen LogP contribution < -0.4 is 5.32 Å². The van der Waals surface area contributed by atoms with Gasteiger partial charge in [0, 0.05) is 16.1 Å². The highest BCUT2D eigenvalue weighted by molar-refractivity contribution is 6.31. The first kappa shape index (κ1) is 18.3. The molecule has 1 N–H and O–H groups in total. The van der Waals surface area contributed by atoms with Crippen LogP contribution in [0.3, 0.4) is 0 Å². The van der Waals surface area contributed by atoms with Crippen LogP contribution in [-0.4, -0.2) is 11.4 Å². The van der Waals surface area contributed by atoms with Gasteiger partial charge in [0.2, 0.25) is 0 Å². The van der Waals surface area contributed by atoms with Gasteiger partial charge in [-0.25, -0.2) is 0 Å². The average molecular weight is 398 g/mol. The molecule has 1 amide bonds. The summed E-state index contributed by atoms with van der Waals surface area (Å²) in [7, 11) is 0. The first-order chi connectivity index (χ1) is 13.2. The van der Waals surface area contributed by atoms with Gasteiger partial charge in [-0.3, -0.25) is 4.79 Å². The number of amides is 1. The molecular weight excluding hydrogens is 370 g/mol. The number of furan rings is 1. The second-order valence-corrected chi connectivity index (χ2v) is 10.9. The SMILES string of the molecule is Cc1ccc(-c2ccc(C(=O)NC34CC5CC(C)(CC(C)(C5)C3)C4)o2)cc1Cl. The standard InChI is InChI=1S/C24H28ClNO2/c1-15-4-5-17(8-18(15)25)19-6-7-20(28-19)21(27)26-24-11-16-9-22(2,13-24)12-23(3,10-16)14-24/h4-8,16H,9-14H2,1-3H3,(H,26,27). The Morgan fingerprint density at radius 1 is 1.07 bits per heavy atom. The molecule has 4 fully saturated rings. The monoisotopic (exact) mass is 397 g/mol. The highest BCUT2D eigenvalue weighted by Gasteiger charge is 2.60. The molecule has 2 atom stereocenters. The van der Waals surface area contributed by atoms with Gasteiger partial charge >= 0.3 is 0 Å². The summed E-state index contributed by atoms with van der Waals surface area (Å²) < 4.78 is 5.92. The minimum absolute atomic E-state index is 0.0693. The minimum Gasteiger partial charge on any atom is -0.451 e. The maximum atomic E-state index is 13.1. The van der Waals surface area contributed by atoms with E-state index in [4.69, 9.17) is 16.0 Å². The second kappa shape index (κ2) is 5.89. The van der Waals surface area contributed by atoms with Crippen molar-refractivity contribution in [3.05, 3.63) is 46.7 Å². The number of hydrogen-bond donors (Lipinski definition) is 1. The number of benzene rings is 1. The average Bonchev–Trinajstić information content (AvgIpc) is 3.03. The van der Waals surface area contributed by atoms with E-state index in [2.05, 4.69) is 19.2 Å². The molecule has 4 saturated carbocycles. The van der Waals surface area contributed by atoms with Crippen molar-refractivity contribution in [3.8, 4) is 11.3 Å². The molecule has 3 nitrogen and oxygen atoms in total. The van der Waals surface area contributed by atoms with Gasteiger partial charge in [0.05, 0.1) is 0 Å². The Morgan fingerprint density at radius 2 is 1.79 bits per heavy atom. The maximum Gasteiger partial charge on any atom is 0.287 e. The number of nitrogens with one attached hydrogen (secondary N) is 1. The van der Waals surface area contributed by atoms with Crippen molar-refractivity contribution < 1.29 is 9.21 Å². The predicted molar refractivity (Wildman–Crippen MR) is 111 cm³/mol. The van der Waals surface area contributed by atoms with E-state index >= 15 is 0 Å². The molecule has 4 bridgehead atoms. The molecule has 1 aromatic heterocycles. The third-order valence-corrected chi connectivity index (χ3v) is 7.70. The predicted octanol–water partition coefficient (Wildman–Crippen LogP) is 6.39. The van der Waals surface area contributed by atoms with Crippen LogP contribution in [0.5, 0.6) is 0 Å². The van der Waals surface area contributed by atoms with E-state index in [1.54, 1.807) is 6.07 Å². The van der Waals surface area contributed by atoms with Gasteiger partial charge in [0.15, 0.2) is 5.76 Å². The van der Waals surface area contributed by atoms with Gasteiger partial charge in [-0.1, -0.05) is 37.6 Å². The van der Waals surface area contributed by atoms with Crippen LogP contribution in [0.1, 0.15) is 68.5 Å². The van der Waals surface area contributed by atoms with Gasteiger partial charge in [-0.15, -0.1) is 0 Å². The van der Waals surface area contributed by atoms with Crippen LogP contribution >= 0.6 is 11.6 Å². The Balaban J connectivity index is 1.38. The van der Waals surface area contributed by atoms with Gasteiger partial charge in [0.25, 0.3) is 5.91 Å². The van der Waals surface area contributed by atoms with Crippen molar-refractivity contribution >= 4 is 17.5 Å². The molecule has 4 aliphatic carbocycles. The van der Waals surface area contributed by atoms with Crippen LogP contribution in [-0.2, 0) is 0 Å². The summed E-state index contributed by atoms with van der Waals surface area (Å²) in [4.78, 5) is 13.1. The van der Waals surface area contributed by atoms with Crippen LogP contribution in [0.2, 0.25) is 5.02 Å². The molecule has 148 valence electrons. The quantitative estimate of drug-likeness (QED) is 0.652. The summed E-state index contributed by atoms with van der Waals surface area (Å²) in [5.41, 5.74) is 2.59. The van der Waals surface area contributed by atoms with E-state index < -0.39 is 0 Å². The summed E-state index contributed by atoms with van der Waals surface area (Å²) >= 11 is 6.24. The molecule has 0 spiro atoms. The van der Waals surface area contributed by atoms with Crippen molar-refractivity contribution in [2.45, 2.75) is 64.8 Å². The molecule has 1 aromatic carbocycles. The molecular formula is C24H28ClNO2. The fraction of sp³-hybridized carbons (Fsp3) is 0.542. The lowest BCUT2D eigenvalue weighted by atomic mass is 9.43. The first-order valence-corrected chi connectivity index (χ1v) is 10.7. The molecule has 2 unspecified atom stereocenters. The fourth-order valence-electron chi connectivity index (χ4n) is 7.25. The van der Waals surface area contributed by atoms with E-state index in [9.17, 15) is 4.79 Å². The van der Waals surface area contributed by atoms with Crippen molar-refractivity contribution in [2.75, 3.05) is 0 Å². The Hall–Kier alpha value is -1.74. The lowest BCUT2D eigenvalue weighted by Crippen LogP contribution is -2.65. The molecule has 6 rings (SSSR count). The van der Waals surface area contributed by atoms with E-state index in [-0.39, 0.29) is 11.4 Å². The molecule has 0 aliphatic heterocycles. The highest BCUT2D eigenvalue weighted by Crippen LogP contribution is 2.66. The summed E-state index contributed by atoms with van der Waals surface area (Å²) in [5, 5.41) is 4.12. The Bertz CT molecular complexity index is 943. The van der Waals surface area contributed by atoms with Crippen molar-refractivity contribution in [1.29, 1.82) is 0 Å². The topological polar surface area (TPSA) is 42.2 Å². The Labute approximate surface area is 171 Å². The smallest absolute Gasteiger partial charge is 0.287 e. The molecule has 1 heterocycles. The molecule has 28 heavy (non-hydrogen) atoms. The van der Waals surface area contributed by atoms with Gasteiger partial charge in [-0.05, 0) is 86.0 Å². The molecule has 4 aliphatic rings. The van der Waals surface area contributed by atoms with Crippen LogP contribution in [0.4, 0.5) is 0 Å². The number of aryl methyl sites for hydroxylation is 1. The fourth-order valence-corrected chi connectivity index (χ4v) is 7.43. The Kier molecular flexibility index (Phi) is 3.85. The van der Waals surface area contributed by atoms with Crippen molar-refractivity contribution in [2.24, 2.45) is 16.7 Å². The van der Waals surface area contributed by atoms with Crippen LogP contribution in [0, 0.1) is 23.7 Å². The van der Waals surface area contributed by atoms with Gasteiger partial charge in [-0.2, -0.15) is 0 Å².